The number of carbonyl (C=O) groups is 2. The fraction of sp³-hybridized carbons (Fsp3) is 0.0476. The number of anilines is 2. The molecule has 0 aliphatic heterocycles. The van der Waals surface area contributed by atoms with Gasteiger partial charge >= 0.3 is 5.97 Å². The molecule has 0 atom stereocenters. The number of carboxylic acids is 1. The molecule has 0 saturated heterocycles. The van der Waals surface area contributed by atoms with Crippen LogP contribution in [0.15, 0.2) is 71.6 Å². The van der Waals surface area contributed by atoms with E-state index >= 15 is 0 Å². The number of nitrogens with one attached hydrogen (secondary N) is 1. The number of rotatable bonds is 6. The third-order valence-corrected chi connectivity index (χ3v) is 6.71. The van der Waals surface area contributed by atoms with Gasteiger partial charge in [-0.25, -0.2) is 13.2 Å². The van der Waals surface area contributed by atoms with Gasteiger partial charge in [0.2, 0.25) is 0 Å². The molecule has 0 saturated carbocycles. The summed E-state index contributed by atoms with van der Waals surface area (Å²) >= 11 is 11.7. The molecule has 0 radical (unpaired) electrons. The zero-order chi connectivity index (χ0) is 22.8. The highest BCUT2D eigenvalue weighted by Crippen LogP contribution is 2.25. The van der Waals surface area contributed by atoms with Gasteiger partial charge in [0.1, 0.15) is 0 Å². The molecule has 31 heavy (non-hydrogen) atoms. The maximum absolute atomic E-state index is 12.9. The average molecular weight is 479 g/mol. The first-order valence-corrected chi connectivity index (χ1v) is 11.0. The summed E-state index contributed by atoms with van der Waals surface area (Å²) in [4.78, 5) is 23.9. The van der Waals surface area contributed by atoms with E-state index in [1.807, 2.05) is 0 Å². The summed E-state index contributed by atoms with van der Waals surface area (Å²) in [7, 11) is -2.45. The van der Waals surface area contributed by atoms with Crippen LogP contribution in [0, 0.1) is 0 Å². The number of sulfonamides is 1. The minimum Gasteiger partial charge on any atom is -0.478 e. The Bertz CT molecular complexity index is 1240. The predicted octanol–water partition coefficient (Wildman–Crippen LogP) is 4.77. The molecule has 3 aromatic carbocycles. The van der Waals surface area contributed by atoms with Gasteiger partial charge in [0.15, 0.2) is 0 Å². The van der Waals surface area contributed by atoms with Crippen LogP contribution in [-0.4, -0.2) is 32.4 Å². The largest absolute Gasteiger partial charge is 0.478 e. The fourth-order valence-corrected chi connectivity index (χ4v) is 4.22. The molecular formula is C21H16Cl2N2O5S. The van der Waals surface area contributed by atoms with Crippen molar-refractivity contribution in [1.29, 1.82) is 0 Å². The van der Waals surface area contributed by atoms with Crippen molar-refractivity contribution in [3.63, 3.8) is 0 Å². The molecule has 0 spiro atoms. The Kier molecular flexibility index (Phi) is 6.54. The molecule has 0 aliphatic carbocycles. The summed E-state index contributed by atoms with van der Waals surface area (Å²) in [5.74, 6) is -1.84. The molecule has 0 unspecified atom stereocenters. The van der Waals surface area contributed by atoms with Crippen molar-refractivity contribution >= 4 is 56.5 Å². The molecular weight excluding hydrogens is 463 g/mol. The van der Waals surface area contributed by atoms with Crippen molar-refractivity contribution < 1.29 is 23.1 Å². The molecule has 3 aromatic rings. The average Bonchev–Trinajstić information content (AvgIpc) is 2.75. The van der Waals surface area contributed by atoms with Crippen molar-refractivity contribution in [2.24, 2.45) is 0 Å². The standard InChI is InChI=1S/C21H16Cl2N2O5S/c1-25(16-7-4-14(22)5-8-16)31(29,30)17-9-2-13(3-10-17)20(26)24-19-11-6-15(23)12-18(19)21(27)28/h2-12H,1H3,(H,24,26)(H,27,28). The highest BCUT2D eigenvalue weighted by Gasteiger charge is 2.22. The fourth-order valence-electron chi connectivity index (χ4n) is 2.72. The quantitative estimate of drug-likeness (QED) is 0.530. The Labute approximate surface area is 188 Å². The number of aromatic carboxylic acids is 1. The van der Waals surface area contributed by atoms with E-state index < -0.39 is 21.9 Å². The van der Waals surface area contributed by atoms with E-state index in [4.69, 9.17) is 23.2 Å². The van der Waals surface area contributed by atoms with E-state index in [1.165, 1.54) is 49.5 Å². The number of benzene rings is 3. The molecule has 0 fully saturated rings. The number of nitrogens with zero attached hydrogens (tertiary/aromatic N) is 1. The van der Waals surface area contributed by atoms with Crippen molar-refractivity contribution in [2.45, 2.75) is 4.90 Å². The topological polar surface area (TPSA) is 104 Å². The summed E-state index contributed by atoms with van der Waals surface area (Å²) in [6.45, 7) is 0. The second-order valence-electron chi connectivity index (χ2n) is 6.42. The van der Waals surface area contributed by atoms with Crippen LogP contribution in [0.5, 0.6) is 0 Å². The number of amides is 1. The van der Waals surface area contributed by atoms with Crippen molar-refractivity contribution in [3.8, 4) is 0 Å². The number of carboxylic acid groups (broad SMARTS) is 1. The molecule has 2 N–H and O–H groups in total. The molecule has 1 amide bonds. The molecule has 3 rings (SSSR count). The van der Waals surface area contributed by atoms with Crippen molar-refractivity contribution in [1.82, 2.24) is 0 Å². The van der Waals surface area contributed by atoms with Crippen LogP contribution in [0.3, 0.4) is 0 Å². The zero-order valence-corrected chi connectivity index (χ0v) is 18.4. The van der Waals surface area contributed by atoms with Crippen LogP contribution in [0.25, 0.3) is 0 Å². The van der Waals surface area contributed by atoms with E-state index in [9.17, 15) is 23.1 Å². The lowest BCUT2D eigenvalue weighted by molar-refractivity contribution is 0.0698. The predicted molar refractivity (Wildman–Crippen MR) is 120 cm³/mol. The van der Waals surface area contributed by atoms with Crippen LogP contribution in [0.4, 0.5) is 11.4 Å². The van der Waals surface area contributed by atoms with Crippen LogP contribution >= 0.6 is 23.2 Å². The minimum absolute atomic E-state index is 0.0146. The van der Waals surface area contributed by atoms with E-state index in [0.717, 1.165) is 4.31 Å². The number of halogens is 2. The highest BCUT2D eigenvalue weighted by atomic mass is 35.5. The molecule has 0 aromatic heterocycles. The first-order valence-electron chi connectivity index (χ1n) is 8.78. The molecule has 160 valence electrons. The highest BCUT2D eigenvalue weighted by molar-refractivity contribution is 7.92. The third-order valence-electron chi connectivity index (χ3n) is 4.43. The SMILES string of the molecule is CN(c1ccc(Cl)cc1)S(=O)(=O)c1ccc(C(=O)Nc2ccc(Cl)cc2C(=O)O)cc1. The van der Waals surface area contributed by atoms with Gasteiger partial charge < -0.3 is 10.4 Å². The van der Waals surface area contributed by atoms with E-state index in [1.54, 1.807) is 24.3 Å². The summed E-state index contributed by atoms with van der Waals surface area (Å²) in [5.41, 5.74) is 0.486. The van der Waals surface area contributed by atoms with Crippen LogP contribution in [0.2, 0.25) is 10.0 Å². The molecule has 0 heterocycles. The van der Waals surface area contributed by atoms with Gasteiger partial charge in [-0.3, -0.25) is 9.10 Å². The van der Waals surface area contributed by atoms with Crippen LogP contribution in [0.1, 0.15) is 20.7 Å². The van der Waals surface area contributed by atoms with Gasteiger partial charge in [0, 0.05) is 22.7 Å². The molecule has 0 bridgehead atoms. The van der Waals surface area contributed by atoms with Gasteiger partial charge in [-0.1, -0.05) is 23.2 Å². The van der Waals surface area contributed by atoms with Crippen molar-refractivity contribution in [2.75, 3.05) is 16.7 Å². The summed E-state index contributed by atoms with van der Waals surface area (Å²) in [5, 5.41) is 12.5. The monoisotopic (exact) mass is 478 g/mol. The second kappa shape index (κ2) is 8.97. The van der Waals surface area contributed by atoms with Gasteiger partial charge in [0.05, 0.1) is 21.8 Å². The lowest BCUT2D eigenvalue weighted by Crippen LogP contribution is -2.26. The minimum atomic E-state index is -3.86. The van der Waals surface area contributed by atoms with E-state index in [2.05, 4.69) is 5.32 Å². The summed E-state index contributed by atoms with van der Waals surface area (Å²) < 4.78 is 26.8. The molecule has 10 heteroatoms. The maximum Gasteiger partial charge on any atom is 0.337 e. The number of carbonyl (C=O) groups excluding carboxylic acids is 1. The van der Waals surface area contributed by atoms with Gasteiger partial charge in [0.25, 0.3) is 15.9 Å². The Balaban J connectivity index is 1.82. The number of hydrogen-bond donors (Lipinski definition) is 2. The second-order valence-corrected chi connectivity index (χ2v) is 9.26. The lowest BCUT2D eigenvalue weighted by Gasteiger charge is -2.19. The molecule has 0 aliphatic rings. The van der Waals surface area contributed by atoms with Gasteiger partial charge in [-0.2, -0.15) is 0 Å². The lowest BCUT2D eigenvalue weighted by atomic mass is 10.1. The van der Waals surface area contributed by atoms with Crippen LogP contribution in [-0.2, 0) is 10.0 Å². The molecule has 7 nitrogen and oxygen atoms in total. The Hall–Kier alpha value is -3.07. The zero-order valence-electron chi connectivity index (χ0n) is 16.0. The maximum atomic E-state index is 12.9. The van der Waals surface area contributed by atoms with Gasteiger partial charge in [-0.05, 0) is 66.7 Å². The van der Waals surface area contributed by atoms with E-state index in [-0.39, 0.29) is 26.7 Å². The first-order chi connectivity index (χ1) is 14.6. The summed E-state index contributed by atoms with van der Waals surface area (Å²) in [6.07, 6.45) is 0. The van der Waals surface area contributed by atoms with Gasteiger partial charge in [-0.15, -0.1) is 0 Å². The number of hydrogen-bond acceptors (Lipinski definition) is 4. The van der Waals surface area contributed by atoms with E-state index in [0.29, 0.717) is 10.7 Å². The van der Waals surface area contributed by atoms with Crippen LogP contribution < -0.4 is 9.62 Å². The normalized spacial score (nSPS) is 11.1. The Morgan fingerprint density at radius 2 is 1.48 bits per heavy atom. The Morgan fingerprint density at radius 3 is 2.06 bits per heavy atom. The smallest absolute Gasteiger partial charge is 0.337 e. The Morgan fingerprint density at radius 1 is 0.903 bits per heavy atom. The summed E-state index contributed by atoms with van der Waals surface area (Å²) in [6, 6.07) is 15.7. The first kappa shape index (κ1) is 22.6. The third kappa shape index (κ3) is 4.99. The van der Waals surface area contributed by atoms with Crippen molar-refractivity contribution in [3.05, 3.63) is 87.9 Å².